The lowest BCUT2D eigenvalue weighted by Gasteiger charge is -2.42. The molecule has 2 aliphatic heterocycles. The molecule has 0 spiro atoms. The lowest BCUT2D eigenvalue weighted by molar-refractivity contribution is -0.127. The van der Waals surface area contributed by atoms with Crippen LogP contribution in [0.15, 0.2) is 17.5 Å². The van der Waals surface area contributed by atoms with Gasteiger partial charge in [0.05, 0.1) is 12.5 Å². The van der Waals surface area contributed by atoms with Gasteiger partial charge in [0.15, 0.2) is 0 Å². The van der Waals surface area contributed by atoms with Gasteiger partial charge < -0.3 is 10.1 Å². The van der Waals surface area contributed by atoms with E-state index in [1.54, 1.807) is 7.11 Å². The van der Waals surface area contributed by atoms with E-state index in [0.717, 1.165) is 32.5 Å². The molecule has 0 saturated carbocycles. The summed E-state index contributed by atoms with van der Waals surface area (Å²) in [5.74, 6) is 0.353. The van der Waals surface area contributed by atoms with E-state index in [0.29, 0.717) is 19.2 Å². The van der Waals surface area contributed by atoms with E-state index >= 15 is 0 Å². The monoisotopic (exact) mass is 365 g/mol. The second kappa shape index (κ2) is 9.67. The number of likely N-dealkylation sites (tertiary alicyclic amines) is 2. The molecule has 25 heavy (non-hydrogen) atoms. The number of hydrogen-bond acceptors (Lipinski definition) is 5. The number of carbonyl (C=O) groups is 1. The molecule has 0 aromatic carbocycles. The molecule has 1 N–H and O–H groups in total. The molecule has 0 aliphatic carbocycles. The Hall–Kier alpha value is -0.950. The minimum absolute atomic E-state index is 0.148. The number of nitrogens with zero attached hydrogens (tertiary/aromatic N) is 2. The van der Waals surface area contributed by atoms with E-state index in [4.69, 9.17) is 4.74 Å². The number of thiophene rings is 1. The summed E-state index contributed by atoms with van der Waals surface area (Å²) >= 11 is 1.85. The quantitative estimate of drug-likeness (QED) is 0.753. The molecular formula is C19H31N3O2S. The predicted octanol–water partition coefficient (Wildman–Crippen LogP) is 2.19. The van der Waals surface area contributed by atoms with Gasteiger partial charge in [-0.3, -0.25) is 14.6 Å². The van der Waals surface area contributed by atoms with Crippen LogP contribution in [0, 0.1) is 5.92 Å². The third-order valence-electron chi connectivity index (χ3n) is 5.46. The summed E-state index contributed by atoms with van der Waals surface area (Å²) in [5.41, 5.74) is 0. The number of rotatable bonds is 7. The molecule has 3 heterocycles. The predicted molar refractivity (Wildman–Crippen MR) is 102 cm³/mol. The molecule has 1 amide bonds. The van der Waals surface area contributed by atoms with Crippen LogP contribution in [-0.4, -0.2) is 68.2 Å². The highest BCUT2D eigenvalue weighted by atomic mass is 32.1. The number of piperidine rings is 2. The SMILES string of the molecule is COCCNC(=O)[C@H]1CCCN(C2CCN(Cc3cccs3)CC2)C1. The first-order chi connectivity index (χ1) is 12.3. The lowest BCUT2D eigenvalue weighted by Crippen LogP contribution is -2.50. The highest BCUT2D eigenvalue weighted by Gasteiger charge is 2.31. The van der Waals surface area contributed by atoms with Gasteiger partial charge in [-0.2, -0.15) is 0 Å². The summed E-state index contributed by atoms with van der Waals surface area (Å²) < 4.78 is 5.01. The number of hydrogen-bond donors (Lipinski definition) is 1. The molecule has 0 unspecified atom stereocenters. The Morgan fingerprint density at radius 1 is 1.32 bits per heavy atom. The molecule has 0 radical (unpaired) electrons. The van der Waals surface area contributed by atoms with Crippen LogP contribution in [-0.2, 0) is 16.1 Å². The molecule has 2 fully saturated rings. The lowest BCUT2D eigenvalue weighted by atomic mass is 9.93. The fraction of sp³-hybridized carbons (Fsp3) is 0.737. The first-order valence-electron chi connectivity index (χ1n) is 9.51. The number of carbonyl (C=O) groups excluding carboxylic acids is 1. The Labute approximate surface area is 155 Å². The van der Waals surface area contributed by atoms with Gasteiger partial charge in [-0.05, 0) is 43.7 Å². The van der Waals surface area contributed by atoms with Gasteiger partial charge in [0, 0.05) is 50.8 Å². The zero-order valence-electron chi connectivity index (χ0n) is 15.3. The van der Waals surface area contributed by atoms with E-state index < -0.39 is 0 Å². The number of nitrogens with one attached hydrogen (secondary N) is 1. The number of amides is 1. The van der Waals surface area contributed by atoms with Crippen LogP contribution in [0.1, 0.15) is 30.6 Å². The zero-order chi connectivity index (χ0) is 17.5. The maximum absolute atomic E-state index is 12.3. The molecule has 2 aliphatic rings. The van der Waals surface area contributed by atoms with Crippen molar-refractivity contribution in [1.29, 1.82) is 0 Å². The Balaban J connectivity index is 1.42. The Morgan fingerprint density at radius 2 is 2.16 bits per heavy atom. The van der Waals surface area contributed by atoms with E-state index in [1.165, 1.54) is 30.8 Å². The van der Waals surface area contributed by atoms with Gasteiger partial charge >= 0.3 is 0 Å². The van der Waals surface area contributed by atoms with E-state index in [2.05, 4.69) is 32.6 Å². The van der Waals surface area contributed by atoms with Gasteiger partial charge in [-0.25, -0.2) is 0 Å². The highest BCUT2D eigenvalue weighted by Crippen LogP contribution is 2.25. The van der Waals surface area contributed by atoms with Gasteiger partial charge in [0.2, 0.25) is 5.91 Å². The standard InChI is InChI=1S/C19H31N3O2S/c1-24-12-8-20-19(23)16-4-2-9-22(14-16)17-6-10-21(11-7-17)15-18-5-3-13-25-18/h3,5,13,16-17H,2,4,6-12,14-15H2,1H3,(H,20,23)/t16-/m0/s1. The first-order valence-corrected chi connectivity index (χ1v) is 10.4. The van der Waals surface area contributed by atoms with E-state index in [-0.39, 0.29) is 11.8 Å². The van der Waals surface area contributed by atoms with Crippen LogP contribution in [0.5, 0.6) is 0 Å². The van der Waals surface area contributed by atoms with Crippen molar-refractivity contribution in [2.24, 2.45) is 5.92 Å². The number of ether oxygens (including phenoxy) is 1. The second-order valence-corrected chi connectivity index (χ2v) is 8.24. The summed E-state index contributed by atoms with van der Waals surface area (Å²) in [7, 11) is 1.67. The van der Waals surface area contributed by atoms with Crippen molar-refractivity contribution in [2.75, 3.05) is 46.4 Å². The van der Waals surface area contributed by atoms with Gasteiger partial charge in [0.25, 0.3) is 0 Å². The Morgan fingerprint density at radius 3 is 2.88 bits per heavy atom. The van der Waals surface area contributed by atoms with Gasteiger partial charge in [0.1, 0.15) is 0 Å². The molecule has 140 valence electrons. The molecule has 2 saturated heterocycles. The third-order valence-corrected chi connectivity index (χ3v) is 6.32. The summed E-state index contributed by atoms with van der Waals surface area (Å²) in [6, 6.07) is 5.01. The highest BCUT2D eigenvalue weighted by molar-refractivity contribution is 7.09. The average molecular weight is 366 g/mol. The van der Waals surface area contributed by atoms with E-state index in [1.807, 2.05) is 11.3 Å². The third kappa shape index (κ3) is 5.51. The summed E-state index contributed by atoms with van der Waals surface area (Å²) in [4.78, 5) is 18.9. The maximum atomic E-state index is 12.3. The summed E-state index contributed by atoms with van der Waals surface area (Å²) in [5, 5.41) is 5.17. The smallest absolute Gasteiger partial charge is 0.224 e. The topological polar surface area (TPSA) is 44.8 Å². The minimum atomic E-state index is 0.148. The number of methoxy groups -OCH3 is 1. The van der Waals surface area contributed by atoms with Gasteiger partial charge in [-0.15, -0.1) is 11.3 Å². The zero-order valence-corrected chi connectivity index (χ0v) is 16.1. The van der Waals surface area contributed by atoms with Crippen LogP contribution < -0.4 is 5.32 Å². The van der Waals surface area contributed by atoms with Crippen LogP contribution in [0.25, 0.3) is 0 Å². The average Bonchev–Trinajstić information content (AvgIpc) is 3.16. The van der Waals surface area contributed by atoms with Crippen LogP contribution in [0.3, 0.4) is 0 Å². The molecule has 1 atom stereocenters. The van der Waals surface area contributed by atoms with Gasteiger partial charge in [-0.1, -0.05) is 6.07 Å². The van der Waals surface area contributed by atoms with Crippen molar-refractivity contribution in [3.05, 3.63) is 22.4 Å². The molecule has 6 heteroatoms. The minimum Gasteiger partial charge on any atom is -0.383 e. The van der Waals surface area contributed by atoms with E-state index in [9.17, 15) is 4.79 Å². The molecule has 3 rings (SSSR count). The van der Waals surface area contributed by atoms with Crippen LogP contribution in [0.4, 0.5) is 0 Å². The van der Waals surface area contributed by atoms with Crippen molar-refractivity contribution in [3.63, 3.8) is 0 Å². The maximum Gasteiger partial charge on any atom is 0.224 e. The molecule has 5 nitrogen and oxygen atoms in total. The van der Waals surface area contributed by atoms with Crippen LogP contribution >= 0.6 is 11.3 Å². The fourth-order valence-electron chi connectivity index (χ4n) is 4.04. The normalized spacial score (nSPS) is 23.6. The van der Waals surface area contributed by atoms with Crippen molar-refractivity contribution in [3.8, 4) is 0 Å². The largest absolute Gasteiger partial charge is 0.383 e. The Bertz CT molecular complexity index is 515. The molecule has 1 aromatic rings. The van der Waals surface area contributed by atoms with Crippen LogP contribution in [0.2, 0.25) is 0 Å². The van der Waals surface area contributed by atoms with Crippen molar-refractivity contribution < 1.29 is 9.53 Å². The molecule has 1 aromatic heterocycles. The van der Waals surface area contributed by atoms with Crippen molar-refractivity contribution >= 4 is 17.2 Å². The Kier molecular flexibility index (Phi) is 7.28. The van der Waals surface area contributed by atoms with Crippen molar-refractivity contribution in [2.45, 2.75) is 38.3 Å². The summed E-state index contributed by atoms with van der Waals surface area (Å²) in [6.07, 6.45) is 4.61. The second-order valence-electron chi connectivity index (χ2n) is 7.20. The fourth-order valence-corrected chi connectivity index (χ4v) is 4.78. The summed E-state index contributed by atoms with van der Waals surface area (Å²) in [6.45, 7) is 6.71. The molecule has 0 bridgehead atoms. The van der Waals surface area contributed by atoms with Crippen molar-refractivity contribution in [1.82, 2.24) is 15.1 Å². The first kappa shape index (κ1) is 18.8. The molecular weight excluding hydrogens is 334 g/mol.